The molecule has 2 nitrogen and oxygen atoms in total. The first-order valence-corrected chi connectivity index (χ1v) is 13.6. The molecule has 3 heteroatoms. The summed E-state index contributed by atoms with van der Waals surface area (Å²) in [4.78, 5) is 11.2. The third-order valence-corrected chi connectivity index (χ3v) is 10.6. The third kappa shape index (κ3) is 4.36. The van der Waals surface area contributed by atoms with Crippen LogP contribution in [0.2, 0.25) is 0 Å². The van der Waals surface area contributed by atoms with Crippen LogP contribution in [0.1, 0.15) is 105 Å². The molecule has 0 heterocycles. The van der Waals surface area contributed by atoms with Gasteiger partial charge in [-0.25, -0.2) is 4.79 Å². The van der Waals surface area contributed by atoms with Gasteiger partial charge in [-0.1, -0.05) is 65.5 Å². The molecule has 3 unspecified atom stereocenters. The van der Waals surface area contributed by atoms with Crippen LogP contribution in [0.25, 0.3) is 0 Å². The van der Waals surface area contributed by atoms with Gasteiger partial charge < -0.3 is 4.74 Å². The molecule has 0 N–H and O–H groups in total. The van der Waals surface area contributed by atoms with Gasteiger partial charge in [0.25, 0.3) is 0 Å². The first kappa shape index (κ1) is 23.7. The third-order valence-electron chi connectivity index (χ3n) is 10.5. The van der Waals surface area contributed by atoms with Crippen molar-refractivity contribution in [3.8, 4) is 0 Å². The molecular formula is C28H45ClO2. The van der Waals surface area contributed by atoms with E-state index < -0.39 is 5.43 Å². The Labute approximate surface area is 195 Å². The highest BCUT2D eigenvalue weighted by Crippen LogP contribution is 2.67. The van der Waals surface area contributed by atoms with Crippen LogP contribution in [-0.2, 0) is 4.74 Å². The van der Waals surface area contributed by atoms with Crippen molar-refractivity contribution in [2.45, 2.75) is 111 Å². The van der Waals surface area contributed by atoms with Crippen LogP contribution in [0, 0.1) is 46.3 Å². The molecule has 0 spiro atoms. The summed E-state index contributed by atoms with van der Waals surface area (Å²) in [5.41, 5.74) is 1.77. The molecule has 4 aliphatic carbocycles. The second-order valence-corrected chi connectivity index (χ2v) is 12.8. The number of hydrogen-bond donors (Lipinski definition) is 0. The Bertz CT molecular complexity index is 699. The van der Waals surface area contributed by atoms with Gasteiger partial charge in [-0.3, -0.25) is 0 Å². The maximum Gasteiger partial charge on any atom is 0.404 e. The van der Waals surface area contributed by atoms with Crippen LogP contribution >= 0.6 is 11.6 Å². The standard InChI is InChI=1S/C28H45ClO2/c1-18(2)7-6-8-19(3)23-11-12-24-22-10-9-20-17-21(31-26(29)30)13-15-27(20,4)25(22)14-16-28(23,24)5/h9,18-19,21-25H,6-8,10-17H2,1-5H3/t19-,21+,22?,23-,24+,25+,27?,28?/m1/s1. The van der Waals surface area contributed by atoms with Crippen LogP contribution in [0.4, 0.5) is 4.79 Å². The summed E-state index contributed by atoms with van der Waals surface area (Å²) in [5, 5.41) is 0. The molecular weight excluding hydrogens is 404 g/mol. The molecule has 0 aromatic carbocycles. The molecule has 0 aromatic heterocycles. The Hall–Kier alpha value is -0.500. The zero-order valence-electron chi connectivity index (χ0n) is 20.6. The van der Waals surface area contributed by atoms with E-state index in [9.17, 15) is 4.79 Å². The van der Waals surface area contributed by atoms with Gasteiger partial charge >= 0.3 is 5.43 Å². The molecule has 0 radical (unpaired) electrons. The normalized spacial score (nSPS) is 42.9. The molecule has 0 saturated heterocycles. The molecule has 0 amide bonds. The van der Waals surface area contributed by atoms with Gasteiger partial charge in [-0.05, 0) is 91.3 Å². The predicted molar refractivity (Wildman–Crippen MR) is 129 cm³/mol. The van der Waals surface area contributed by atoms with Crippen molar-refractivity contribution in [2.75, 3.05) is 0 Å². The number of carbonyl (C=O) groups is 1. The van der Waals surface area contributed by atoms with Gasteiger partial charge in [-0.2, -0.15) is 0 Å². The van der Waals surface area contributed by atoms with Crippen LogP contribution in [0.15, 0.2) is 11.6 Å². The molecule has 3 saturated carbocycles. The second kappa shape index (κ2) is 9.03. The summed E-state index contributed by atoms with van der Waals surface area (Å²) in [5.74, 6) is 5.19. The largest absolute Gasteiger partial charge is 0.450 e. The summed E-state index contributed by atoms with van der Waals surface area (Å²) < 4.78 is 5.38. The van der Waals surface area contributed by atoms with Gasteiger partial charge in [0.05, 0.1) is 0 Å². The van der Waals surface area contributed by atoms with E-state index in [1.807, 2.05) is 0 Å². The molecule has 4 rings (SSSR count). The highest BCUT2D eigenvalue weighted by Gasteiger charge is 2.59. The molecule has 0 bridgehead atoms. The van der Waals surface area contributed by atoms with Crippen LogP contribution in [0.3, 0.4) is 0 Å². The summed E-state index contributed by atoms with van der Waals surface area (Å²) in [6.45, 7) is 12.5. The molecule has 176 valence electrons. The lowest BCUT2D eigenvalue weighted by atomic mass is 9.47. The predicted octanol–water partition coefficient (Wildman–Crippen LogP) is 8.77. The fourth-order valence-electron chi connectivity index (χ4n) is 8.88. The molecule has 4 aliphatic rings. The number of rotatable bonds is 6. The number of fused-ring (bicyclic) bond motifs is 5. The van der Waals surface area contributed by atoms with E-state index in [1.54, 1.807) is 5.57 Å². The zero-order chi connectivity index (χ0) is 22.4. The van der Waals surface area contributed by atoms with Crippen molar-refractivity contribution in [3.05, 3.63) is 11.6 Å². The Balaban J connectivity index is 1.47. The van der Waals surface area contributed by atoms with Crippen molar-refractivity contribution >= 4 is 17.0 Å². The zero-order valence-corrected chi connectivity index (χ0v) is 21.3. The monoisotopic (exact) mass is 448 g/mol. The Kier molecular flexibility index (Phi) is 6.89. The fraction of sp³-hybridized carbons (Fsp3) is 0.893. The molecule has 3 fully saturated rings. The maximum atomic E-state index is 11.2. The van der Waals surface area contributed by atoms with E-state index in [1.165, 1.54) is 51.4 Å². The Morgan fingerprint density at radius 2 is 1.87 bits per heavy atom. The minimum absolute atomic E-state index is 0.0164. The van der Waals surface area contributed by atoms with E-state index in [4.69, 9.17) is 16.3 Å². The van der Waals surface area contributed by atoms with Crippen molar-refractivity contribution < 1.29 is 9.53 Å². The van der Waals surface area contributed by atoms with E-state index in [0.29, 0.717) is 10.8 Å². The summed E-state index contributed by atoms with van der Waals surface area (Å²) in [7, 11) is 0. The average Bonchev–Trinajstić information content (AvgIpc) is 3.05. The minimum Gasteiger partial charge on any atom is -0.450 e. The van der Waals surface area contributed by atoms with E-state index in [-0.39, 0.29) is 6.10 Å². The van der Waals surface area contributed by atoms with Crippen LogP contribution in [-0.4, -0.2) is 11.5 Å². The average molecular weight is 449 g/mol. The van der Waals surface area contributed by atoms with E-state index in [2.05, 4.69) is 40.7 Å². The highest BCUT2D eigenvalue weighted by atomic mass is 35.5. The van der Waals surface area contributed by atoms with Gasteiger partial charge in [0.2, 0.25) is 0 Å². The first-order valence-electron chi connectivity index (χ1n) is 13.2. The first-order chi connectivity index (χ1) is 14.6. The second-order valence-electron chi connectivity index (χ2n) is 12.5. The van der Waals surface area contributed by atoms with E-state index in [0.717, 1.165) is 54.8 Å². The Morgan fingerprint density at radius 1 is 1.10 bits per heavy atom. The lowest BCUT2D eigenvalue weighted by Crippen LogP contribution is -2.51. The van der Waals surface area contributed by atoms with Gasteiger partial charge in [0.15, 0.2) is 0 Å². The minimum atomic E-state index is -0.643. The van der Waals surface area contributed by atoms with E-state index >= 15 is 0 Å². The number of halogens is 1. The number of hydrogen-bond acceptors (Lipinski definition) is 2. The lowest BCUT2D eigenvalue weighted by Gasteiger charge is -2.58. The Morgan fingerprint density at radius 3 is 2.58 bits per heavy atom. The highest BCUT2D eigenvalue weighted by molar-refractivity contribution is 6.61. The fourth-order valence-corrected chi connectivity index (χ4v) is 9.01. The van der Waals surface area contributed by atoms with Crippen molar-refractivity contribution in [1.82, 2.24) is 0 Å². The quantitative estimate of drug-likeness (QED) is 0.299. The SMILES string of the molecule is CC(C)CCC[C@@H](C)[C@H]1CC[C@H]2C3CC=C4C[C@@H](OC(=O)Cl)CCC4(C)[C@H]3CCC12C. The van der Waals surface area contributed by atoms with Crippen molar-refractivity contribution in [2.24, 2.45) is 46.3 Å². The lowest BCUT2D eigenvalue weighted by molar-refractivity contribution is -0.0573. The van der Waals surface area contributed by atoms with Gasteiger partial charge in [-0.15, -0.1) is 0 Å². The number of ether oxygens (including phenoxy) is 1. The summed E-state index contributed by atoms with van der Waals surface area (Å²) in [6.07, 6.45) is 16.7. The maximum absolute atomic E-state index is 11.2. The topological polar surface area (TPSA) is 26.3 Å². The smallest absolute Gasteiger partial charge is 0.404 e. The molecule has 0 aromatic rings. The summed E-state index contributed by atoms with van der Waals surface area (Å²) in [6, 6.07) is 0. The van der Waals surface area contributed by atoms with Crippen LogP contribution in [0.5, 0.6) is 0 Å². The molecule has 31 heavy (non-hydrogen) atoms. The summed E-state index contributed by atoms with van der Waals surface area (Å²) >= 11 is 5.51. The van der Waals surface area contributed by atoms with Crippen LogP contribution < -0.4 is 0 Å². The van der Waals surface area contributed by atoms with Gasteiger partial charge in [0.1, 0.15) is 6.10 Å². The number of carbonyl (C=O) groups excluding carboxylic acids is 1. The molecule has 0 aliphatic heterocycles. The van der Waals surface area contributed by atoms with Crippen molar-refractivity contribution in [3.63, 3.8) is 0 Å². The van der Waals surface area contributed by atoms with Gasteiger partial charge in [0, 0.05) is 18.0 Å². The molecule has 8 atom stereocenters. The number of allylic oxidation sites excluding steroid dienone is 1. The van der Waals surface area contributed by atoms with Crippen molar-refractivity contribution in [1.29, 1.82) is 0 Å².